The molecule has 0 bridgehead atoms. The van der Waals surface area contributed by atoms with Gasteiger partial charge >= 0.3 is 0 Å². The van der Waals surface area contributed by atoms with Crippen LogP contribution in [0.25, 0.3) is 0 Å². The van der Waals surface area contributed by atoms with Crippen molar-refractivity contribution >= 4 is 17.8 Å². The predicted molar refractivity (Wildman–Crippen MR) is 79.8 cm³/mol. The molecule has 1 fully saturated rings. The van der Waals surface area contributed by atoms with E-state index in [4.69, 9.17) is 5.84 Å². The van der Waals surface area contributed by atoms with Crippen LogP contribution in [0.5, 0.6) is 0 Å². The highest BCUT2D eigenvalue weighted by atomic mass is 15.4. The van der Waals surface area contributed by atoms with Gasteiger partial charge in [0.05, 0.1) is 6.54 Å². The van der Waals surface area contributed by atoms with Gasteiger partial charge in [0, 0.05) is 32.0 Å². The summed E-state index contributed by atoms with van der Waals surface area (Å²) in [6.45, 7) is 3.36. The summed E-state index contributed by atoms with van der Waals surface area (Å²) >= 11 is 0. The standard InChI is InChI=1S/C12H19N9/c13-19-11-16-10(14-5-9-21-8-3-4-15-21)17-12(18-11)20-6-1-2-7-20/h3-4,8H,1-2,5-7,9,13H2,(H2,14,16,17,18,19). The second kappa shape index (κ2) is 6.35. The third-order valence-electron chi connectivity index (χ3n) is 3.32. The zero-order valence-electron chi connectivity index (χ0n) is 11.7. The van der Waals surface area contributed by atoms with Crippen molar-refractivity contribution in [3.63, 3.8) is 0 Å². The Hall–Kier alpha value is -2.42. The second-order valence-corrected chi connectivity index (χ2v) is 4.82. The van der Waals surface area contributed by atoms with Crippen LogP contribution < -0.4 is 21.5 Å². The monoisotopic (exact) mass is 289 g/mol. The van der Waals surface area contributed by atoms with Crippen molar-refractivity contribution in [1.82, 2.24) is 24.7 Å². The maximum Gasteiger partial charge on any atom is 0.243 e. The molecule has 4 N–H and O–H groups in total. The number of rotatable bonds is 6. The van der Waals surface area contributed by atoms with Gasteiger partial charge in [-0.25, -0.2) is 5.84 Å². The summed E-state index contributed by atoms with van der Waals surface area (Å²) in [6, 6.07) is 1.89. The van der Waals surface area contributed by atoms with Gasteiger partial charge in [-0.1, -0.05) is 0 Å². The molecular formula is C12H19N9. The lowest BCUT2D eigenvalue weighted by atomic mass is 10.4. The molecule has 2 aromatic rings. The summed E-state index contributed by atoms with van der Waals surface area (Å²) in [7, 11) is 0. The summed E-state index contributed by atoms with van der Waals surface area (Å²) in [6.07, 6.45) is 6.00. The van der Waals surface area contributed by atoms with Gasteiger partial charge in [0.1, 0.15) is 0 Å². The molecule has 3 heterocycles. The number of anilines is 3. The Bertz CT molecular complexity index is 562. The molecule has 0 aliphatic carbocycles. The molecule has 9 nitrogen and oxygen atoms in total. The average Bonchev–Trinajstić information content (AvgIpc) is 3.20. The molecule has 0 atom stereocenters. The van der Waals surface area contributed by atoms with Crippen LogP contribution in [-0.2, 0) is 6.54 Å². The van der Waals surface area contributed by atoms with Crippen LogP contribution in [0.3, 0.4) is 0 Å². The predicted octanol–water partition coefficient (Wildman–Crippen LogP) is 0.0660. The molecule has 0 aromatic carbocycles. The third-order valence-corrected chi connectivity index (χ3v) is 3.32. The minimum Gasteiger partial charge on any atom is -0.352 e. The molecule has 1 aliphatic heterocycles. The number of hydrogen-bond donors (Lipinski definition) is 3. The normalized spacial score (nSPS) is 14.4. The first-order chi connectivity index (χ1) is 10.3. The van der Waals surface area contributed by atoms with E-state index < -0.39 is 0 Å². The molecule has 0 unspecified atom stereocenters. The van der Waals surface area contributed by atoms with Crippen molar-refractivity contribution < 1.29 is 0 Å². The molecule has 1 saturated heterocycles. The lowest BCUT2D eigenvalue weighted by molar-refractivity contribution is 0.636. The van der Waals surface area contributed by atoms with Gasteiger partial charge in [-0.15, -0.1) is 0 Å². The first kappa shape index (κ1) is 13.6. The SMILES string of the molecule is NNc1nc(NCCn2cccn2)nc(N2CCCC2)n1. The fourth-order valence-corrected chi connectivity index (χ4v) is 2.28. The van der Waals surface area contributed by atoms with Gasteiger partial charge < -0.3 is 10.2 Å². The summed E-state index contributed by atoms with van der Waals surface area (Å²) in [4.78, 5) is 15.1. The van der Waals surface area contributed by atoms with E-state index in [2.05, 4.69) is 35.7 Å². The van der Waals surface area contributed by atoms with Crippen LogP contribution in [0, 0.1) is 0 Å². The molecule has 112 valence electrons. The largest absolute Gasteiger partial charge is 0.352 e. The van der Waals surface area contributed by atoms with E-state index in [-0.39, 0.29) is 0 Å². The molecule has 0 spiro atoms. The number of nitrogens with zero attached hydrogens (tertiary/aromatic N) is 6. The highest BCUT2D eigenvalue weighted by molar-refractivity contribution is 5.43. The van der Waals surface area contributed by atoms with E-state index in [0.717, 1.165) is 19.6 Å². The minimum absolute atomic E-state index is 0.369. The first-order valence-corrected chi connectivity index (χ1v) is 7.04. The Morgan fingerprint density at radius 1 is 1.14 bits per heavy atom. The number of aromatic nitrogens is 5. The summed E-state index contributed by atoms with van der Waals surface area (Å²) in [5.41, 5.74) is 2.49. The van der Waals surface area contributed by atoms with Gasteiger partial charge in [-0.3, -0.25) is 10.1 Å². The number of hydrogen-bond acceptors (Lipinski definition) is 8. The lowest BCUT2D eigenvalue weighted by Gasteiger charge is -2.16. The molecule has 0 amide bonds. The molecular weight excluding hydrogens is 270 g/mol. The zero-order valence-corrected chi connectivity index (χ0v) is 11.7. The molecule has 1 aliphatic rings. The molecule has 0 saturated carbocycles. The smallest absolute Gasteiger partial charge is 0.243 e. The average molecular weight is 289 g/mol. The van der Waals surface area contributed by atoms with E-state index >= 15 is 0 Å². The number of nitrogens with two attached hydrogens (primary N) is 1. The third kappa shape index (κ3) is 3.37. The van der Waals surface area contributed by atoms with E-state index in [9.17, 15) is 0 Å². The van der Waals surface area contributed by atoms with Gasteiger partial charge in [0.2, 0.25) is 17.8 Å². The van der Waals surface area contributed by atoms with Crippen LogP contribution in [0.15, 0.2) is 18.5 Å². The Balaban J connectivity index is 1.66. The van der Waals surface area contributed by atoms with E-state index in [1.165, 1.54) is 12.8 Å². The highest BCUT2D eigenvalue weighted by Gasteiger charge is 2.17. The van der Waals surface area contributed by atoms with Crippen LogP contribution in [0.1, 0.15) is 12.8 Å². The molecule has 3 rings (SSSR count). The van der Waals surface area contributed by atoms with Crippen molar-refractivity contribution in [3.05, 3.63) is 18.5 Å². The molecule has 2 aromatic heterocycles. The quantitative estimate of drug-likeness (QED) is 0.506. The summed E-state index contributed by atoms with van der Waals surface area (Å²) < 4.78 is 1.84. The maximum atomic E-state index is 5.43. The second-order valence-electron chi connectivity index (χ2n) is 4.82. The Morgan fingerprint density at radius 2 is 1.95 bits per heavy atom. The molecule has 9 heteroatoms. The minimum atomic E-state index is 0.369. The number of nitrogen functional groups attached to an aromatic ring is 1. The number of nitrogens with one attached hydrogen (secondary N) is 2. The zero-order chi connectivity index (χ0) is 14.5. The topological polar surface area (TPSA) is 110 Å². The van der Waals surface area contributed by atoms with E-state index in [1.807, 2.05) is 16.9 Å². The van der Waals surface area contributed by atoms with Crippen LogP contribution in [0.4, 0.5) is 17.8 Å². The van der Waals surface area contributed by atoms with Crippen LogP contribution in [0.2, 0.25) is 0 Å². The number of hydrazine groups is 1. The summed E-state index contributed by atoms with van der Waals surface area (Å²) in [5, 5.41) is 7.32. The van der Waals surface area contributed by atoms with Crippen molar-refractivity contribution in [2.75, 3.05) is 35.3 Å². The highest BCUT2D eigenvalue weighted by Crippen LogP contribution is 2.18. The van der Waals surface area contributed by atoms with E-state index in [1.54, 1.807) is 6.20 Å². The van der Waals surface area contributed by atoms with Crippen LogP contribution >= 0.6 is 0 Å². The molecule has 21 heavy (non-hydrogen) atoms. The fraction of sp³-hybridized carbons (Fsp3) is 0.500. The maximum absolute atomic E-state index is 5.43. The Labute approximate surface area is 122 Å². The van der Waals surface area contributed by atoms with Crippen molar-refractivity contribution in [2.24, 2.45) is 5.84 Å². The lowest BCUT2D eigenvalue weighted by Crippen LogP contribution is -2.23. The Kier molecular flexibility index (Phi) is 4.10. The fourth-order valence-electron chi connectivity index (χ4n) is 2.28. The van der Waals surface area contributed by atoms with Crippen molar-refractivity contribution in [1.29, 1.82) is 0 Å². The van der Waals surface area contributed by atoms with Gasteiger partial charge in [0.25, 0.3) is 0 Å². The van der Waals surface area contributed by atoms with Gasteiger partial charge in [0.15, 0.2) is 0 Å². The van der Waals surface area contributed by atoms with Gasteiger partial charge in [-0.2, -0.15) is 20.1 Å². The molecule has 0 radical (unpaired) electrons. The summed E-state index contributed by atoms with van der Waals surface area (Å²) in [5.74, 6) is 6.98. The van der Waals surface area contributed by atoms with Crippen molar-refractivity contribution in [3.8, 4) is 0 Å². The van der Waals surface area contributed by atoms with Crippen LogP contribution in [-0.4, -0.2) is 44.4 Å². The Morgan fingerprint density at radius 3 is 2.67 bits per heavy atom. The van der Waals surface area contributed by atoms with Crippen molar-refractivity contribution in [2.45, 2.75) is 19.4 Å². The van der Waals surface area contributed by atoms with E-state index in [0.29, 0.717) is 24.4 Å². The van der Waals surface area contributed by atoms with Gasteiger partial charge in [-0.05, 0) is 18.9 Å². The first-order valence-electron chi connectivity index (χ1n) is 7.04.